The molecule has 1 aromatic carbocycles. The first-order valence-electron chi connectivity index (χ1n) is 5.55. The first kappa shape index (κ1) is 13.2. The molecule has 2 N–H and O–H groups in total. The highest BCUT2D eigenvalue weighted by atomic mass is 32.1. The summed E-state index contributed by atoms with van der Waals surface area (Å²) in [4.78, 5) is 26.4. The van der Waals surface area contributed by atoms with E-state index >= 15 is 0 Å². The van der Waals surface area contributed by atoms with Crippen molar-refractivity contribution in [3.05, 3.63) is 45.4 Å². The number of rotatable bonds is 3. The molecule has 0 bridgehead atoms. The topological polar surface area (TPSA) is 79.3 Å². The maximum atomic E-state index is 12.0. The third-order valence-corrected chi connectivity index (χ3v) is 3.61. The third kappa shape index (κ3) is 2.79. The molecule has 5 nitrogen and oxygen atoms in total. The average molecular weight is 276 g/mol. The van der Waals surface area contributed by atoms with Crippen LogP contribution < -0.4 is 5.32 Å². The van der Waals surface area contributed by atoms with Gasteiger partial charge in [-0.1, -0.05) is 12.1 Å². The fourth-order valence-electron chi connectivity index (χ4n) is 1.54. The van der Waals surface area contributed by atoms with E-state index in [2.05, 4.69) is 10.3 Å². The second kappa shape index (κ2) is 5.19. The summed E-state index contributed by atoms with van der Waals surface area (Å²) in [6.07, 6.45) is 0. The van der Waals surface area contributed by atoms with E-state index < -0.39 is 11.9 Å². The summed E-state index contributed by atoms with van der Waals surface area (Å²) in [6, 6.07) is 5.60. The number of thiazole rings is 1. The molecule has 0 saturated heterocycles. The van der Waals surface area contributed by atoms with Crippen LogP contribution in [0, 0.1) is 13.8 Å². The van der Waals surface area contributed by atoms with E-state index in [0.717, 1.165) is 22.5 Å². The van der Waals surface area contributed by atoms with E-state index in [9.17, 15) is 9.59 Å². The van der Waals surface area contributed by atoms with Crippen LogP contribution in [0.3, 0.4) is 0 Å². The molecule has 98 valence electrons. The van der Waals surface area contributed by atoms with Crippen molar-refractivity contribution in [3.63, 3.8) is 0 Å². The molecule has 2 rings (SSSR count). The number of anilines is 1. The number of hydrogen-bond acceptors (Lipinski definition) is 4. The Hall–Kier alpha value is -2.21. The lowest BCUT2D eigenvalue weighted by atomic mass is 10.1. The van der Waals surface area contributed by atoms with E-state index in [0.29, 0.717) is 5.69 Å². The molecule has 0 saturated carbocycles. The fourth-order valence-corrected chi connectivity index (χ4v) is 2.22. The molecule has 1 amide bonds. The molecule has 19 heavy (non-hydrogen) atoms. The van der Waals surface area contributed by atoms with Crippen LogP contribution in [0.2, 0.25) is 0 Å². The lowest BCUT2D eigenvalue weighted by Gasteiger charge is -2.08. The van der Waals surface area contributed by atoms with Gasteiger partial charge in [0, 0.05) is 11.1 Å². The number of nitrogens with zero attached hydrogens (tertiary/aromatic N) is 1. The van der Waals surface area contributed by atoms with Crippen molar-refractivity contribution in [2.75, 3.05) is 5.32 Å². The van der Waals surface area contributed by atoms with Crippen molar-refractivity contribution in [2.45, 2.75) is 13.8 Å². The van der Waals surface area contributed by atoms with Gasteiger partial charge in [-0.2, -0.15) is 0 Å². The molecular weight excluding hydrogens is 264 g/mol. The summed E-state index contributed by atoms with van der Waals surface area (Å²) in [6.45, 7) is 3.87. The van der Waals surface area contributed by atoms with Crippen LogP contribution >= 0.6 is 11.3 Å². The Labute approximate surface area is 113 Å². The number of aromatic carboxylic acids is 1. The van der Waals surface area contributed by atoms with Gasteiger partial charge in [0.1, 0.15) is 0 Å². The summed E-state index contributed by atoms with van der Waals surface area (Å²) in [5, 5.41) is 13.0. The van der Waals surface area contributed by atoms with E-state index in [1.54, 1.807) is 6.07 Å². The Kier molecular flexibility index (Phi) is 3.62. The van der Waals surface area contributed by atoms with E-state index in [1.807, 2.05) is 26.0 Å². The van der Waals surface area contributed by atoms with Gasteiger partial charge in [0.2, 0.25) is 0 Å². The monoisotopic (exact) mass is 276 g/mol. The van der Waals surface area contributed by atoms with Gasteiger partial charge >= 0.3 is 5.97 Å². The molecule has 1 aromatic heterocycles. The Morgan fingerprint density at radius 2 is 2.05 bits per heavy atom. The first-order valence-corrected chi connectivity index (χ1v) is 6.43. The number of carboxylic acids is 1. The van der Waals surface area contributed by atoms with Crippen molar-refractivity contribution in [1.29, 1.82) is 0 Å². The van der Waals surface area contributed by atoms with Crippen LogP contribution in [0.25, 0.3) is 0 Å². The molecule has 0 radical (unpaired) electrons. The zero-order valence-electron chi connectivity index (χ0n) is 10.4. The number of nitrogens with one attached hydrogen (secondary N) is 1. The molecule has 2 aromatic rings. The minimum absolute atomic E-state index is 0.115. The lowest BCUT2D eigenvalue weighted by molar-refractivity contribution is 0.0691. The Bertz CT molecular complexity index is 649. The molecule has 6 heteroatoms. The van der Waals surface area contributed by atoms with Gasteiger partial charge in [-0.15, -0.1) is 11.3 Å². The third-order valence-electron chi connectivity index (χ3n) is 2.77. The molecule has 0 spiro atoms. The predicted molar refractivity (Wildman–Crippen MR) is 72.9 cm³/mol. The van der Waals surface area contributed by atoms with Gasteiger partial charge < -0.3 is 10.4 Å². The van der Waals surface area contributed by atoms with E-state index in [4.69, 9.17) is 5.11 Å². The van der Waals surface area contributed by atoms with Gasteiger partial charge in [-0.05, 0) is 31.0 Å². The standard InChI is InChI=1S/C13H12N2O3S/c1-7-4-3-5-9(8(7)2)14-11(16)12-15-10(6-19-12)13(17)18/h3-6H,1-2H3,(H,14,16)(H,17,18). The number of carbonyl (C=O) groups excluding carboxylic acids is 1. The van der Waals surface area contributed by atoms with Crippen molar-refractivity contribution in [3.8, 4) is 0 Å². The van der Waals surface area contributed by atoms with Gasteiger partial charge in [0.25, 0.3) is 5.91 Å². The van der Waals surface area contributed by atoms with E-state index in [1.165, 1.54) is 5.38 Å². The number of carbonyl (C=O) groups is 2. The van der Waals surface area contributed by atoms with Crippen LogP contribution in [-0.4, -0.2) is 22.0 Å². The molecule has 0 aliphatic carbocycles. The molecule has 0 unspecified atom stereocenters. The molecule has 0 atom stereocenters. The smallest absolute Gasteiger partial charge is 0.355 e. The lowest BCUT2D eigenvalue weighted by Crippen LogP contribution is -2.13. The van der Waals surface area contributed by atoms with Gasteiger partial charge in [0.15, 0.2) is 10.7 Å². The molecular formula is C13H12N2O3S. The maximum Gasteiger partial charge on any atom is 0.355 e. The quantitative estimate of drug-likeness (QED) is 0.903. The number of carboxylic acid groups (broad SMARTS) is 1. The van der Waals surface area contributed by atoms with Gasteiger partial charge in [0.05, 0.1) is 0 Å². The largest absolute Gasteiger partial charge is 0.476 e. The van der Waals surface area contributed by atoms with Crippen LogP contribution in [0.1, 0.15) is 31.4 Å². The number of aryl methyl sites for hydroxylation is 1. The number of hydrogen-bond donors (Lipinski definition) is 2. The second-order valence-electron chi connectivity index (χ2n) is 4.04. The van der Waals surface area contributed by atoms with Crippen molar-refractivity contribution >= 4 is 28.9 Å². The summed E-state index contributed by atoms with van der Waals surface area (Å²) < 4.78 is 0. The fraction of sp³-hybridized carbons (Fsp3) is 0.154. The Morgan fingerprint density at radius 1 is 1.32 bits per heavy atom. The highest BCUT2D eigenvalue weighted by molar-refractivity contribution is 7.12. The van der Waals surface area contributed by atoms with Crippen molar-refractivity contribution in [2.24, 2.45) is 0 Å². The summed E-state index contributed by atoms with van der Waals surface area (Å²) >= 11 is 1.01. The SMILES string of the molecule is Cc1cccc(NC(=O)c2nc(C(=O)O)cs2)c1C. The predicted octanol–water partition coefficient (Wildman–Crippen LogP) is 2.71. The van der Waals surface area contributed by atoms with Gasteiger partial charge in [-0.3, -0.25) is 4.79 Å². The van der Waals surface area contributed by atoms with Crippen LogP contribution in [0.4, 0.5) is 5.69 Å². The maximum absolute atomic E-state index is 12.0. The average Bonchev–Trinajstić information content (AvgIpc) is 2.84. The number of benzene rings is 1. The molecule has 0 aliphatic heterocycles. The normalized spacial score (nSPS) is 10.2. The van der Waals surface area contributed by atoms with Crippen LogP contribution in [0.15, 0.2) is 23.6 Å². The summed E-state index contributed by atoms with van der Waals surface area (Å²) in [5.74, 6) is -1.53. The molecule has 0 fully saturated rings. The minimum atomic E-state index is -1.14. The highest BCUT2D eigenvalue weighted by Gasteiger charge is 2.15. The summed E-state index contributed by atoms with van der Waals surface area (Å²) in [5.41, 5.74) is 2.64. The van der Waals surface area contributed by atoms with Crippen molar-refractivity contribution in [1.82, 2.24) is 4.98 Å². The van der Waals surface area contributed by atoms with Crippen molar-refractivity contribution < 1.29 is 14.7 Å². The Balaban J connectivity index is 2.21. The van der Waals surface area contributed by atoms with Crippen LogP contribution in [-0.2, 0) is 0 Å². The summed E-state index contributed by atoms with van der Waals surface area (Å²) in [7, 11) is 0. The minimum Gasteiger partial charge on any atom is -0.476 e. The first-order chi connectivity index (χ1) is 8.99. The van der Waals surface area contributed by atoms with E-state index in [-0.39, 0.29) is 10.7 Å². The Morgan fingerprint density at radius 3 is 2.68 bits per heavy atom. The second-order valence-corrected chi connectivity index (χ2v) is 4.90. The molecule has 1 heterocycles. The van der Waals surface area contributed by atoms with Gasteiger partial charge in [-0.25, -0.2) is 9.78 Å². The number of amides is 1. The zero-order valence-corrected chi connectivity index (χ0v) is 11.2. The number of aromatic nitrogens is 1. The highest BCUT2D eigenvalue weighted by Crippen LogP contribution is 2.19. The van der Waals surface area contributed by atoms with Crippen LogP contribution in [0.5, 0.6) is 0 Å². The molecule has 0 aliphatic rings. The zero-order chi connectivity index (χ0) is 14.0.